The molecule has 0 bridgehead atoms. The Kier molecular flexibility index (Phi) is 5.59. The van der Waals surface area contributed by atoms with E-state index in [0.29, 0.717) is 29.4 Å². The van der Waals surface area contributed by atoms with Crippen molar-refractivity contribution >= 4 is 27.5 Å². The Morgan fingerprint density at radius 1 is 1.16 bits per heavy atom. The van der Waals surface area contributed by atoms with Crippen LogP contribution in [0.2, 0.25) is 0 Å². The number of anilines is 1. The zero-order valence-corrected chi connectivity index (χ0v) is 21.5. The van der Waals surface area contributed by atoms with E-state index >= 15 is 4.39 Å². The standard InChI is InChI=1S/C29H31FN6O2/c1-35-9-4-6-19(35)14-38-28-33-26-23(27(34-28)36-10-8-29(17-36)15-31-16-29)13-32-25(24(26)30)22-12-20(37)11-18-5-2-3-7-21(18)22/h2-3,5,7,11-13,19,31,37H,4,6,8-10,14-17H2,1H3/t19-/m0/s1. The number of benzene rings is 2. The highest BCUT2D eigenvalue weighted by molar-refractivity contribution is 5.99. The van der Waals surface area contributed by atoms with E-state index < -0.39 is 5.82 Å². The van der Waals surface area contributed by atoms with Crippen molar-refractivity contribution in [2.75, 3.05) is 51.3 Å². The number of ether oxygens (including phenoxy) is 1. The molecule has 0 amide bonds. The first kappa shape index (κ1) is 23.5. The summed E-state index contributed by atoms with van der Waals surface area (Å²) < 4.78 is 22.5. The van der Waals surface area contributed by atoms with Gasteiger partial charge in [0, 0.05) is 49.4 Å². The SMILES string of the molecule is CN1CCC[C@H]1COc1nc(N2CCC3(CNC3)C2)c2cnc(-c3cc(O)cc4ccccc34)c(F)c2n1. The average Bonchev–Trinajstić information content (AvgIpc) is 3.54. The van der Waals surface area contributed by atoms with E-state index in [2.05, 4.69) is 32.1 Å². The van der Waals surface area contributed by atoms with Gasteiger partial charge >= 0.3 is 6.01 Å². The Balaban J connectivity index is 1.35. The van der Waals surface area contributed by atoms with Crippen LogP contribution in [-0.2, 0) is 0 Å². The van der Waals surface area contributed by atoms with E-state index in [1.807, 2.05) is 24.3 Å². The molecule has 0 saturated carbocycles. The molecule has 8 nitrogen and oxygen atoms in total. The Morgan fingerprint density at radius 3 is 2.79 bits per heavy atom. The number of nitrogens with one attached hydrogen (secondary N) is 1. The number of phenols is 1. The van der Waals surface area contributed by atoms with E-state index in [0.717, 1.165) is 62.8 Å². The molecule has 5 heterocycles. The number of fused-ring (bicyclic) bond motifs is 2. The lowest BCUT2D eigenvalue weighted by molar-refractivity contribution is 0.188. The number of aromatic nitrogens is 3. The van der Waals surface area contributed by atoms with Crippen LogP contribution < -0.4 is 15.0 Å². The minimum Gasteiger partial charge on any atom is -0.508 e. The van der Waals surface area contributed by atoms with Crippen molar-refractivity contribution in [3.8, 4) is 23.0 Å². The molecule has 4 aromatic rings. The lowest BCUT2D eigenvalue weighted by Gasteiger charge is -2.39. The summed E-state index contributed by atoms with van der Waals surface area (Å²) in [7, 11) is 2.10. The first-order valence-electron chi connectivity index (χ1n) is 13.4. The third kappa shape index (κ3) is 3.92. The second kappa shape index (κ2) is 9.03. The second-order valence-electron chi connectivity index (χ2n) is 11.1. The van der Waals surface area contributed by atoms with E-state index in [4.69, 9.17) is 9.72 Å². The van der Waals surface area contributed by atoms with Gasteiger partial charge in [0.15, 0.2) is 5.82 Å². The van der Waals surface area contributed by atoms with Crippen LogP contribution in [0.25, 0.3) is 32.9 Å². The minimum atomic E-state index is -0.538. The molecule has 1 atom stereocenters. The van der Waals surface area contributed by atoms with Crippen molar-refractivity contribution in [1.29, 1.82) is 0 Å². The normalized spacial score (nSPS) is 21.0. The van der Waals surface area contributed by atoms with Gasteiger partial charge in [0.1, 0.15) is 29.4 Å². The Labute approximate surface area is 220 Å². The molecule has 0 radical (unpaired) electrons. The molecule has 7 rings (SSSR count). The van der Waals surface area contributed by atoms with Crippen molar-refractivity contribution in [2.24, 2.45) is 5.41 Å². The monoisotopic (exact) mass is 514 g/mol. The molecule has 3 saturated heterocycles. The fourth-order valence-electron chi connectivity index (χ4n) is 6.25. The summed E-state index contributed by atoms with van der Waals surface area (Å²) in [5, 5.41) is 16.0. The molecule has 3 aliphatic rings. The van der Waals surface area contributed by atoms with Crippen molar-refractivity contribution < 1.29 is 14.2 Å². The van der Waals surface area contributed by atoms with E-state index in [-0.39, 0.29) is 28.4 Å². The van der Waals surface area contributed by atoms with Gasteiger partial charge in [-0.05, 0) is 55.8 Å². The molecule has 3 fully saturated rings. The van der Waals surface area contributed by atoms with E-state index in [1.165, 1.54) is 0 Å². The summed E-state index contributed by atoms with van der Waals surface area (Å²) in [6.45, 7) is 5.20. The van der Waals surface area contributed by atoms with Gasteiger partial charge in [-0.1, -0.05) is 24.3 Å². The van der Waals surface area contributed by atoms with Crippen LogP contribution >= 0.6 is 0 Å². The predicted molar refractivity (Wildman–Crippen MR) is 145 cm³/mol. The number of rotatable bonds is 5. The number of likely N-dealkylation sites (tertiary alicyclic amines) is 1. The zero-order chi connectivity index (χ0) is 25.9. The molecule has 9 heteroatoms. The van der Waals surface area contributed by atoms with Crippen LogP contribution in [0.3, 0.4) is 0 Å². The zero-order valence-electron chi connectivity index (χ0n) is 21.5. The summed E-state index contributed by atoms with van der Waals surface area (Å²) in [5.41, 5.74) is 1.11. The van der Waals surface area contributed by atoms with Crippen molar-refractivity contribution in [1.82, 2.24) is 25.2 Å². The fourth-order valence-corrected chi connectivity index (χ4v) is 6.25. The highest BCUT2D eigenvalue weighted by atomic mass is 19.1. The topological polar surface area (TPSA) is 86.6 Å². The molecule has 2 aromatic heterocycles. The first-order chi connectivity index (χ1) is 18.5. The van der Waals surface area contributed by atoms with Gasteiger partial charge in [0.2, 0.25) is 0 Å². The van der Waals surface area contributed by atoms with E-state index in [9.17, 15) is 5.11 Å². The van der Waals surface area contributed by atoms with Crippen molar-refractivity contribution in [3.63, 3.8) is 0 Å². The number of pyridine rings is 1. The maximum Gasteiger partial charge on any atom is 0.319 e. The van der Waals surface area contributed by atoms with Gasteiger partial charge in [0.05, 0.1) is 5.39 Å². The molecule has 2 N–H and O–H groups in total. The Morgan fingerprint density at radius 2 is 2.03 bits per heavy atom. The summed E-state index contributed by atoms with van der Waals surface area (Å²) in [6, 6.07) is 11.3. The Bertz CT molecular complexity index is 1540. The summed E-state index contributed by atoms with van der Waals surface area (Å²) in [5.74, 6) is 0.195. The number of likely N-dealkylation sites (N-methyl/N-ethyl adjacent to an activating group) is 1. The predicted octanol–water partition coefficient (Wildman–Crippen LogP) is 3.96. The van der Waals surface area contributed by atoms with Crippen LogP contribution in [0, 0.1) is 11.2 Å². The molecule has 38 heavy (non-hydrogen) atoms. The molecule has 1 spiro atoms. The lowest BCUT2D eigenvalue weighted by atomic mass is 9.81. The third-order valence-electron chi connectivity index (χ3n) is 8.56. The van der Waals surface area contributed by atoms with Crippen molar-refractivity contribution in [3.05, 3.63) is 48.4 Å². The molecule has 2 aromatic carbocycles. The van der Waals surface area contributed by atoms with Crippen molar-refractivity contribution in [2.45, 2.75) is 25.3 Å². The Hall–Kier alpha value is -3.56. The van der Waals surface area contributed by atoms with Gasteiger partial charge in [-0.3, -0.25) is 4.98 Å². The van der Waals surface area contributed by atoms with Crippen LogP contribution in [-0.4, -0.2) is 77.4 Å². The van der Waals surface area contributed by atoms with Crippen LogP contribution in [0.5, 0.6) is 11.8 Å². The molecule has 196 valence electrons. The number of halogens is 1. The molecule has 0 unspecified atom stereocenters. The van der Waals surface area contributed by atoms with Gasteiger partial charge < -0.3 is 25.0 Å². The quantitative estimate of drug-likeness (QED) is 0.414. The highest BCUT2D eigenvalue weighted by Crippen LogP contribution is 2.40. The highest BCUT2D eigenvalue weighted by Gasteiger charge is 2.44. The first-order valence-corrected chi connectivity index (χ1v) is 13.4. The molecule has 3 aliphatic heterocycles. The molecular weight excluding hydrogens is 483 g/mol. The number of hydrogen-bond acceptors (Lipinski definition) is 8. The summed E-state index contributed by atoms with van der Waals surface area (Å²) in [4.78, 5) is 18.5. The second-order valence-corrected chi connectivity index (χ2v) is 11.1. The largest absolute Gasteiger partial charge is 0.508 e. The summed E-state index contributed by atoms with van der Waals surface area (Å²) >= 11 is 0. The van der Waals surface area contributed by atoms with Crippen LogP contribution in [0.4, 0.5) is 10.2 Å². The van der Waals surface area contributed by atoms with Crippen LogP contribution in [0.1, 0.15) is 19.3 Å². The molecular formula is C29H31FN6O2. The van der Waals surface area contributed by atoms with E-state index in [1.54, 1.807) is 18.3 Å². The minimum absolute atomic E-state index is 0.0598. The van der Waals surface area contributed by atoms with Gasteiger partial charge in [-0.15, -0.1) is 0 Å². The van der Waals surface area contributed by atoms with Gasteiger partial charge in [-0.25, -0.2) is 4.39 Å². The number of nitrogens with zero attached hydrogens (tertiary/aromatic N) is 5. The molecule has 0 aliphatic carbocycles. The summed E-state index contributed by atoms with van der Waals surface area (Å²) in [6.07, 6.45) is 4.93. The van der Waals surface area contributed by atoms with Gasteiger partial charge in [0.25, 0.3) is 0 Å². The average molecular weight is 515 g/mol. The van der Waals surface area contributed by atoms with Gasteiger partial charge in [-0.2, -0.15) is 9.97 Å². The number of phenolic OH excluding ortho intramolecular Hbond substituents is 1. The smallest absolute Gasteiger partial charge is 0.319 e. The maximum absolute atomic E-state index is 16.4. The number of hydrogen-bond donors (Lipinski definition) is 2. The lowest BCUT2D eigenvalue weighted by Crippen LogP contribution is -2.54. The maximum atomic E-state index is 16.4. The third-order valence-corrected chi connectivity index (χ3v) is 8.56. The number of aromatic hydroxyl groups is 1. The van der Waals surface area contributed by atoms with Crippen LogP contribution in [0.15, 0.2) is 42.6 Å². The fraction of sp³-hybridized carbons (Fsp3) is 0.414.